The first-order valence-electron chi connectivity index (χ1n) is 10.5. The monoisotopic (exact) mass is 398 g/mol. The Morgan fingerprint density at radius 1 is 0.933 bits per heavy atom. The zero-order valence-corrected chi connectivity index (χ0v) is 16.5. The van der Waals surface area contributed by atoms with Gasteiger partial charge < -0.3 is 0 Å². The number of hydrogen-bond acceptors (Lipinski definition) is 4. The molecule has 0 amide bonds. The summed E-state index contributed by atoms with van der Waals surface area (Å²) in [5.74, 6) is 0.912. The van der Waals surface area contributed by atoms with Crippen molar-refractivity contribution in [2.45, 2.75) is 43.8 Å². The van der Waals surface area contributed by atoms with Crippen LogP contribution >= 0.6 is 0 Å². The van der Waals surface area contributed by atoms with Crippen molar-refractivity contribution in [1.82, 2.24) is 29.1 Å². The van der Waals surface area contributed by atoms with Gasteiger partial charge in [-0.25, -0.2) is 9.48 Å². The fraction of sp³-hybridized carbons (Fsp3) is 0.304. The molecule has 1 aliphatic heterocycles. The number of hydrogen-bond donors (Lipinski definition) is 0. The first-order chi connectivity index (χ1) is 14.8. The molecule has 30 heavy (non-hydrogen) atoms. The number of rotatable bonds is 4. The van der Waals surface area contributed by atoms with Crippen molar-refractivity contribution in [3.8, 4) is 11.1 Å². The molecule has 1 aromatic carbocycles. The predicted octanol–water partition coefficient (Wildman–Crippen LogP) is 3.42. The number of benzene rings is 1. The summed E-state index contributed by atoms with van der Waals surface area (Å²) < 4.78 is 5.63. The highest BCUT2D eigenvalue weighted by Gasteiger charge is 2.37. The molecule has 0 bridgehead atoms. The van der Waals surface area contributed by atoms with Crippen molar-refractivity contribution in [1.29, 1.82) is 0 Å². The SMILES string of the molecule is O=c1n(C2CC(n3cc(-c4cccnc4)cn3)C2)nc2n1[C@H](c1ccccc1)CC2. The molecule has 1 aliphatic carbocycles. The summed E-state index contributed by atoms with van der Waals surface area (Å²) in [6.45, 7) is 0. The zero-order valence-electron chi connectivity index (χ0n) is 16.5. The second-order valence-electron chi connectivity index (χ2n) is 8.21. The van der Waals surface area contributed by atoms with E-state index in [4.69, 9.17) is 5.10 Å². The zero-order chi connectivity index (χ0) is 20.1. The van der Waals surface area contributed by atoms with E-state index in [-0.39, 0.29) is 17.8 Å². The van der Waals surface area contributed by atoms with Gasteiger partial charge in [0.2, 0.25) is 0 Å². The Morgan fingerprint density at radius 3 is 2.60 bits per heavy atom. The summed E-state index contributed by atoms with van der Waals surface area (Å²) in [6, 6.07) is 14.8. The minimum absolute atomic E-state index is 0.0244. The van der Waals surface area contributed by atoms with Crippen LogP contribution in [0.15, 0.2) is 72.0 Å². The maximum Gasteiger partial charge on any atom is 0.346 e. The lowest BCUT2D eigenvalue weighted by Crippen LogP contribution is -2.37. The van der Waals surface area contributed by atoms with Gasteiger partial charge in [0.15, 0.2) is 0 Å². The van der Waals surface area contributed by atoms with Crippen LogP contribution in [0.2, 0.25) is 0 Å². The largest absolute Gasteiger partial charge is 0.346 e. The van der Waals surface area contributed by atoms with Gasteiger partial charge in [0.1, 0.15) is 5.82 Å². The van der Waals surface area contributed by atoms with Crippen LogP contribution < -0.4 is 5.69 Å². The summed E-state index contributed by atoms with van der Waals surface area (Å²) in [4.78, 5) is 17.3. The van der Waals surface area contributed by atoms with Crippen LogP contribution in [0, 0.1) is 0 Å². The molecule has 7 nitrogen and oxygen atoms in total. The van der Waals surface area contributed by atoms with Gasteiger partial charge >= 0.3 is 5.69 Å². The van der Waals surface area contributed by atoms with Crippen molar-refractivity contribution in [3.05, 3.63) is 89.1 Å². The van der Waals surface area contributed by atoms with Crippen molar-refractivity contribution in [2.24, 2.45) is 0 Å². The molecular weight excluding hydrogens is 376 g/mol. The fourth-order valence-electron chi connectivity index (χ4n) is 4.74. The minimum atomic E-state index is 0.0244. The standard InChI is InChI=1S/C23H22N6O/c30-23-28-21(16-5-2-1-3-6-16)8-9-22(28)26-29(23)20-11-19(12-20)27-15-18(14-25-27)17-7-4-10-24-13-17/h1-7,10,13-15,19-21H,8-9,11-12H2/t19?,20?,21-/m0/s1. The van der Waals surface area contributed by atoms with Crippen LogP contribution in [0.25, 0.3) is 11.1 Å². The fourth-order valence-corrected chi connectivity index (χ4v) is 4.74. The number of pyridine rings is 1. The molecule has 150 valence electrons. The third-order valence-corrected chi connectivity index (χ3v) is 6.45. The van der Waals surface area contributed by atoms with Crippen molar-refractivity contribution < 1.29 is 0 Å². The highest BCUT2D eigenvalue weighted by atomic mass is 16.2. The Balaban J connectivity index is 1.20. The van der Waals surface area contributed by atoms with E-state index in [1.54, 1.807) is 10.9 Å². The molecule has 1 fully saturated rings. The van der Waals surface area contributed by atoms with Gasteiger partial charge in [0.25, 0.3) is 0 Å². The third-order valence-electron chi connectivity index (χ3n) is 6.45. The van der Waals surface area contributed by atoms with E-state index in [1.807, 2.05) is 52.0 Å². The average Bonchev–Trinajstić information content (AvgIpc) is 3.47. The van der Waals surface area contributed by atoms with Gasteiger partial charge in [-0.2, -0.15) is 10.2 Å². The Kier molecular flexibility index (Phi) is 3.94. The normalized spacial score (nSPS) is 22.6. The predicted molar refractivity (Wildman–Crippen MR) is 112 cm³/mol. The van der Waals surface area contributed by atoms with E-state index in [1.165, 1.54) is 5.56 Å². The lowest BCUT2D eigenvalue weighted by atomic mass is 9.87. The third kappa shape index (κ3) is 2.73. The molecule has 3 aromatic heterocycles. The topological polar surface area (TPSA) is 70.5 Å². The van der Waals surface area contributed by atoms with Crippen molar-refractivity contribution >= 4 is 0 Å². The molecule has 6 rings (SSSR count). The first-order valence-corrected chi connectivity index (χ1v) is 10.5. The maximum absolute atomic E-state index is 13.1. The molecule has 7 heteroatoms. The molecule has 0 N–H and O–H groups in total. The van der Waals surface area contributed by atoms with E-state index < -0.39 is 0 Å². The minimum Gasteiger partial charge on any atom is -0.271 e. The number of nitrogens with zero attached hydrogens (tertiary/aromatic N) is 6. The highest BCUT2D eigenvalue weighted by Crippen LogP contribution is 2.41. The van der Waals surface area contributed by atoms with Crippen molar-refractivity contribution in [2.75, 3.05) is 0 Å². The Bertz CT molecular complexity index is 1230. The molecule has 2 aliphatic rings. The summed E-state index contributed by atoms with van der Waals surface area (Å²) in [5, 5.41) is 9.24. The van der Waals surface area contributed by atoms with E-state index in [0.717, 1.165) is 42.6 Å². The Hall–Kier alpha value is -3.48. The lowest BCUT2D eigenvalue weighted by molar-refractivity contribution is 0.170. The summed E-state index contributed by atoms with van der Waals surface area (Å²) in [7, 11) is 0. The average molecular weight is 398 g/mol. The number of aryl methyl sites for hydroxylation is 1. The molecular formula is C23H22N6O. The first kappa shape index (κ1) is 17.4. The van der Waals surface area contributed by atoms with Gasteiger partial charge in [0, 0.05) is 36.1 Å². The molecule has 0 spiro atoms. The molecule has 4 heterocycles. The molecule has 1 saturated carbocycles. The van der Waals surface area contributed by atoms with E-state index in [0.29, 0.717) is 6.04 Å². The second-order valence-corrected chi connectivity index (χ2v) is 8.21. The molecule has 0 radical (unpaired) electrons. The Morgan fingerprint density at radius 2 is 1.80 bits per heavy atom. The molecule has 0 unspecified atom stereocenters. The number of aromatic nitrogens is 6. The van der Waals surface area contributed by atoms with Gasteiger partial charge in [-0.05, 0) is 30.9 Å². The summed E-state index contributed by atoms with van der Waals surface area (Å²) in [5.41, 5.74) is 3.34. The van der Waals surface area contributed by atoms with Gasteiger partial charge in [-0.3, -0.25) is 14.2 Å². The van der Waals surface area contributed by atoms with E-state index in [9.17, 15) is 4.79 Å². The second kappa shape index (κ2) is 6.79. The molecule has 0 saturated heterocycles. The summed E-state index contributed by atoms with van der Waals surface area (Å²) >= 11 is 0. The maximum atomic E-state index is 13.1. The summed E-state index contributed by atoms with van der Waals surface area (Å²) in [6.07, 6.45) is 11.1. The molecule has 4 aromatic rings. The van der Waals surface area contributed by atoms with E-state index >= 15 is 0 Å². The van der Waals surface area contributed by atoms with Gasteiger partial charge in [0.05, 0.1) is 24.3 Å². The van der Waals surface area contributed by atoms with Crippen LogP contribution in [-0.2, 0) is 6.42 Å². The van der Waals surface area contributed by atoms with Gasteiger partial charge in [-0.1, -0.05) is 36.4 Å². The van der Waals surface area contributed by atoms with Crippen LogP contribution in [0.4, 0.5) is 0 Å². The van der Waals surface area contributed by atoms with Crippen LogP contribution in [0.5, 0.6) is 0 Å². The Labute approximate surface area is 173 Å². The van der Waals surface area contributed by atoms with Gasteiger partial charge in [-0.15, -0.1) is 0 Å². The lowest BCUT2D eigenvalue weighted by Gasteiger charge is -2.34. The van der Waals surface area contributed by atoms with Crippen molar-refractivity contribution in [3.63, 3.8) is 0 Å². The quantitative estimate of drug-likeness (QED) is 0.528. The van der Waals surface area contributed by atoms with E-state index in [2.05, 4.69) is 28.4 Å². The highest BCUT2D eigenvalue weighted by molar-refractivity contribution is 5.60. The van der Waals surface area contributed by atoms with Crippen LogP contribution in [-0.4, -0.2) is 29.1 Å². The smallest absolute Gasteiger partial charge is 0.271 e. The number of fused-ring (bicyclic) bond motifs is 1. The van der Waals surface area contributed by atoms with Crippen LogP contribution in [0.3, 0.4) is 0 Å². The molecule has 1 atom stereocenters. The van der Waals surface area contributed by atoms with Crippen LogP contribution in [0.1, 0.15) is 48.8 Å².